The Hall–Kier alpha value is -1.05. The van der Waals surface area contributed by atoms with E-state index >= 15 is 0 Å². The van der Waals surface area contributed by atoms with Gasteiger partial charge in [0.15, 0.2) is 0 Å². The maximum Gasteiger partial charge on any atom is 0.239 e. The summed E-state index contributed by atoms with van der Waals surface area (Å²) in [7, 11) is -3.44. The van der Waals surface area contributed by atoms with Crippen molar-refractivity contribution < 1.29 is 13.2 Å². The molecule has 5 nitrogen and oxygen atoms in total. The summed E-state index contributed by atoms with van der Waals surface area (Å²) in [4.78, 5) is 12.5. The zero-order valence-electron chi connectivity index (χ0n) is 13.6. The summed E-state index contributed by atoms with van der Waals surface area (Å²) in [5.41, 5.74) is 0.893. The molecule has 1 unspecified atom stereocenters. The Kier molecular flexibility index (Phi) is 6.50. The highest BCUT2D eigenvalue weighted by atomic mass is 32.2. The van der Waals surface area contributed by atoms with E-state index in [1.807, 2.05) is 44.2 Å². The summed E-state index contributed by atoms with van der Waals surface area (Å²) in [5, 5.41) is 2.87. The molecule has 7 heteroatoms. The lowest BCUT2D eigenvalue weighted by atomic mass is 10.2. The number of carbonyl (C=O) groups excluding carboxylic acids is 1. The second-order valence-electron chi connectivity index (χ2n) is 6.08. The Morgan fingerprint density at radius 1 is 1.35 bits per heavy atom. The highest BCUT2D eigenvalue weighted by Crippen LogP contribution is 2.22. The zero-order valence-corrected chi connectivity index (χ0v) is 15.2. The fraction of sp³-hybridized carbons (Fsp3) is 0.562. The molecule has 1 heterocycles. The number of sulfonamides is 1. The maximum atomic E-state index is 12.6. The number of benzene rings is 1. The molecule has 1 fully saturated rings. The molecule has 0 radical (unpaired) electrons. The van der Waals surface area contributed by atoms with Crippen molar-refractivity contribution in [3.8, 4) is 0 Å². The molecule has 1 amide bonds. The summed E-state index contributed by atoms with van der Waals surface area (Å²) in [5.74, 6) is 1.24. The molecule has 23 heavy (non-hydrogen) atoms. The van der Waals surface area contributed by atoms with Crippen LogP contribution in [0, 0.1) is 5.92 Å². The summed E-state index contributed by atoms with van der Waals surface area (Å²) < 4.78 is 26.6. The van der Waals surface area contributed by atoms with Gasteiger partial charge in [-0.15, -0.1) is 0 Å². The van der Waals surface area contributed by atoms with E-state index in [4.69, 9.17) is 0 Å². The van der Waals surface area contributed by atoms with Gasteiger partial charge in [-0.2, -0.15) is 16.1 Å². The van der Waals surface area contributed by atoms with Crippen LogP contribution >= 0.6 is 11.8 Å². The first-order chi connectivity index (χ1) is 10.9. The molecule has 0 bridgehead atoms. The molecule has 1 aromatic rings. The predicted octanol–water partition coefficient (Wildman–Crippen LogP) is 1.71. The van der Waals surface area contributed by atoms with Crippen LogP contribution in [0.3, 0.4) is 0 Å². The third-order valence-electron chi connectivity index (χ3n) is 3.63. The van der Waals surface area contributed by atoms with Gasteiger partial charge in [-0.05, 0) is 11.5 Å². The van der Waals surface area contributed by atoms with Crippen LogP contribution in [0.1, 0.15) is 19.4 Å². The molecule has 1 aromatic carbocycles. The highest BCUT2D eigenvalue weighted by Gasteiger charge is 2.36. The minimum atomic E-state index is -3.44. The third-order valence-corrected chi connectivity index (χ3v) is 6.76. The van der Waals surface area contributed by atoms with Crippen molar-refractivity contribution in [3.05, 3.63) is 35.9 Å². The van der Waals surface area contributed by atoms with Gasteiger partial charge in [-0.3, -0.25) is 4.79 Å². The molecular weight excluding hydrogens is 332 g/mol. The first-order valence-corrected chi connectivity index (χ1v) is 10.6. The van der Waals surface area contributed by atoms with E-state index in [1.54, 1.807) is 0 Å². The SMILES string of the molecule is CC(C)CNC(=O)C1CSCCS(=O)(=O)N1Cc1ccccc1. The molecule has 0 spiro atoms. The second-order valence-corrected chi connectivity index (χ2v) is 9.27. The minimum Gasteiger partial charge on any atom is -0.354 e. The Labute approximate surface area is 142 Å². The molecule has 0 aliphatic carbocycles. The quantitative estimate of drug-likeness (QED) is 0.872. The molecule has 1 N–H and O–H groups in total. The van der Waals surface area contributed by atoms with Gasteiger partial charge in [-0.25, -0.2) is 8.42 Å². The van der Waals surface area contributed by atoms with E-state index < -0.39 is 16.1 Å². The van der Waals surface area contributed by atoms with Gasteiger partial charge in [-0.1, -0.05) is 44.2 Å². The lowest BCUT2D eigenvalue weighted by Gasteiger charge is -2.28. The van der Waals surface area contributed by atoms with E-state index in [9.17, 15) is 13.2 Å². The van der Waals surface area contributed by atoms with E-state index in [0.717, 1.165) is 5.56 Å². The van der Waals surface area contributed by atoms with E-state index in [1.165, 1.54) is 16.1 Å². The molecule has 0 aromatic heterocycles. The Morgan fingerprint density at radius 2 is 2.04 bits per heavy atom. The van der Waals surface area contributed by atoms with Crippen molar-refractivity contribution in [1.29, 1.82) is 0 Å². The molecule has 1 aliphatic rings. The van der Waals surface area contributed by atoms with E-state index in [-0.39, 0.29) is 18.2 Å². The number of rotatable bonds is 5. The van der Waals surface area contributed by atoms with Crippen LogP contribution in [0.2, 0.25) is 0 Å². The van der Waals surface area contributed by atoms with Gasteiger partial charge < -0.3 is 5.32 Å². The molecule has 1 aliphatic heterocycles. The monoisotopic (exact) mass is 356 g/mol. The number of nitrogens with one attached hydrogen (secondary N) is 1. The number of amides is 1. The van der Waals surface area contributed by atoms with Crippen molar-refractivity contribution in [2.45, 2.75) is 26.4 Å². The van der Waals surface area contributed by atoms with Crippen molar-refractivity contribution in [2.75, 3.05) is 23.8 Å². The average molecular weight is 357 g/mol. The summed E-state index contributed by atoms with van der Waals surface area (Å²) in [6, 6.07) is 8.77. The van der Waals surface area contributed by atoms with Crippen LogP contribution in [0.25, 0.3) is 0 Å². The molecule has 2 rings (SSSR count). The van der Waals surface area contributed by atoms with Crippen molar-refractivity contribution in [1.82, 2.24) is 9.62 Å². The van der Waals surface area contributed by atoms with Crippen LogP contribution in [-0.2, 0) is 21.4 Å². The largest absolute Gasteiger partial charge is 0.354 e. The first-order valence-electron chi connectivity index (χ1n) is 7.79. The van der Waals surface area contributed by atoms with Gasteiger partial charge in [0, 0.05) is 24.6 Å². The summed E-state index contributed by atoms with van der Waals surface area (Å²) in [6.07, 6.45) is 0. The Balaban J connectivity index is 2.22. The Bertz CT molecular complexity index is 617. The first kappa shape index (κ1) is 18.3. The smallest absolute Gasteiger partial charge is 0.239 e. The lowest BCUT2D eigenvalue weighted by molar-refractivity contribution is -0.124. The summed E-state index contributed by atoms with van der Waals surface area (Å²) >= 11 is 1.52. The average Bonchev–Trinajstić information content (AvgIpc) is 2.65. The second kappa shape index (κ2) is 8.17. The maximum absolute atomic E-state index is 12.6. The standard InChI is InChI=1S/C16H24N2O3S2/c1-13(2)10-17-16(19)15-12-22-8-9-23(20,21)18(15)11-14-6-4-3-5-7-14/h3-7,13,15H,8-12H2,1-2H3,(H,17,19). The van der Waals surface area contributed by atoms with Crippen LogP contribution in [0.5, 0.6) is 0 Å². The van der Waals surface area contributed by atoms with Crippen molar-refractivity contribution in [3.63, 3.8) is 0 Å². The number of hydrogen-bond acceptors (Lipinski definition) is 4. The molecule has 1 saturated heterocycles. The minimum absolute atomic E-state index is 0.0818. The number of carbonyl (C=O) groups is 1. The van der Waals surface area contributed by atoms with Gasteiger partial charge in [0.2, 0.25) is 15.9 Å². The predicted molar refractivity (Wildman–Crippen MR) is 94.7 cm³/mol. The van der Waals surface area contributed by atoms with Crippen LogP contribution < -0.4 is 5.32 Å². The van der Waals surface area contributed by atoms with Gasteiger partial charge in [0.25, 0.3) is 0 Å². The normalized spacial score (nSPS) is 21.8. The summed E-state index contributed by atoms with van der Waals surface area (Å²) in [6.45, 7) is 4.82. The van der Waals surface area contributed by atoms with Crippen LogP contribution in [-0.4, -0.2) is 48.5 Å². The number of nitrogens with zero attached hydrogens (tertiary/aromatic N) is 1. The van der Waals surface area contributed by atoms with Gasteiger partial charge in [0.1, 0.15) is 6.04 Å². The van der Waals surface area contributed by atoms with E-state index in [0.29, 0.717) is 24.0 Å². The van der Waals surface area contributed by atoms with Gasteiger partial charge in [0.05, 0.1) is 5.75 Å². The van der Waals surface area contributed by atoms with Gasteiger partial charge >= 0.3 is 0 Å². The lowest BCUT2D eigenvalue weighted by Crippen LogP contribution is -2.50. The highest BCUT2D eigenvalue weighted by molar-refractivity contribution is 8.00. The Morgan fingerprint density at radius 3 is 2.70 bits per heavy atom. The number of hydrogen-bond donors (Lipinski definition) is 1. The van der Waals surface area contributed by atoms with Crippen molar-refractivity contribution >= 4 is 27.7 Å². The van der Waals surface area contributed by atoms with Crippen molar-refractivity contribution in [2.24, 2.45) is 5.92 Å². The zero-order chi connectivity index (χ0) is 16.9. The molecule has 1 atom stereocenters. The topological polar surface area (TPSA) is 66.5 Å². The van der Waals surface area contributed by atoms with Crippen LogP contribution in [0.15, 0.2) is 30.3 Å². The van der Waals surface area contributed by atoms with E-state index in [2.05, 4.69) is 5.32 Å². The number of thioether (sulfide) groups is 1. The third kappa shape index (κ3) is 5.22. The molecule has 128 valence electrons. The molecular formula is C16H24N2O3S2. The molecule has 0 saturated carbocycles. The fourth-order valence-electron chi connectivity index (χ4n) is 2.35. The van der Waals surface area contributed by atoms with Crippen LogP contribution in [0.4, 0.5) is 0 Å². The fourth-order valence-corrected chi connectivity index (χ4v) is 5.62.